The second-order valence-corrected chi connectivity index (χ2v) is 4.75. The van der Waals surface area contributed by atoms with Gasteiger partial charge in [0.05, 0.1) is 5.52 Å². The molecule has 1 aromatic carbocycles. The highest BCUT2D eigenvalue weighted by molar-refractivity contribution is 6.34. The second kappa shape index (κ2) is 4.53. The van der Waals surface area contributed by atoms with E-state index >= 15 is 0 Å². The zero-order valence-electron chi connectivity index (χ0n) is 9.77. The summed E-state index contributed by atoms with van der Waals surface area (Å²) in [5, 5.41) is 1.19. The van der Waals surface area contributed by atoms with E-state index in [1.54, 1.807) is 18.2 Å². The van der Waals surface area contributed by atoms with E-state index in [-0.39, 0.29) is 5.91 Å². The van der Waals surface area contributed by atoms with E-state index in [9.17, 15) is 4.79 Å². The molecule has 0 aliphatic carbocycles. The van der Waals surface area contributed by atoms with E-state index in [0.29, 0.717) is 16.2 Å². The lowest BCUT2D eigenvalue weighted by molar-refractivity contribution is 0.0793. The van der Waals surface area contributed by atoms with Crippen LogP contribution >= 0.6 is 11.6 Å². The third-order valence-electron chi connectivity index (χ3n) is 3.23. The fourth-order valence-corrected chi connectivity index (χ4v) is 2.46. The maximum absolute atomic E-state index is 12.2. The van der Waals surface area contributed by atoms with Gasteiger partial charge in [-0.25, -0.2) is 9.97 Å². The largest absolute Gasteiger partial charge is 0.339 e. The van der Waals surface area contributed by atoms with Gasteiger partial charge in [0.2, 0.25) is 0 Å². The summed E-state index contributed by atoms with van der Waals surface area (Å²) in [6.45, 7) is 1.70. The summed E-state index contributed by atoms with van der Waals surface area (Å²) in [5.41, 5.74) is 1.37. The number of hydrogen-bond acceptors (Lipinski definition) is 3. The molecule has 0 radical (unpaired) electrons. The minimum absolute atomic E-state index is 0.0733. The molecule has 0 N–H and O–H groups in total. The van der Waals surface area contributed by atoms with Crippen molar-refractivity contribution in [2.75, 3.05) is 13.1 Å². The van der Waals surface area contributed by atoms with Gasteiger partial charge in [0, 0.05) is 24.0 Å². The minimum atomic E-state index is 0.0733. The molecular weight excluding hydrogens is 250 g/mol. The fraction of sp³-hybridized carbons (Fsp3) is 0.308. The predicted octanol–water partition coefficient (Wildman–Crippen LogP) is 2.52. The Morgan fingerprint density at radius 3 is 2.78 bits per heavy atom. The Labute approximate surface area is 110 Å². The molecule has 4 nitrogen and oxygen atoms in total. The highest BCUT2D eigenvalue weighted by atomic mass is 35.5. The van der Waals surface area contributed by atoms with E-state index in [0.717, 1.165) is 31.3 Å². The molecule has 0 spiro atoms. The number of carbonyl (C=O) groups excluding carboxylic acids is 1. The van der Waals surface area contributed by atoms with Crippen LogP contribution < -0.4 is 0 Å². The zero-order chi connectivity index (χ0) is 12.5. The molecule has 3 rings (SSSR count). The number of halogens is 1. The van der Waals surface area contributed by atoms with Gasteiger partial charge in [-0.05, 0) is 31.0 Å². The average molecular weight is 262 g/mol. The van der Waals surface area contributed by atoms with Crippen LogP contribution in [-0.4, -0.2) is 33.9 Å². The Balaban J connectivity index is 2.00. The summed E-state index contributed by atoms with van der Waals surface area (Å²) in [5.74, 6) is 0.0733. The smallest absolute Gasteiger partial charge is 0.253 e. The van der Waals surface area contributed by atoms with Crippen LogP contribution in [0.25, 0.3) is 10.9 Å². The number of benzene rings is 1. The summed E-state index contributed by atoms with van der Waals surface area (Å²) in [6.07, 6.45) is 3.59. The first-order valence-corrected chi connectivity index (χ1v) is 6.33. The Kier molecular flexibility index (Phi) is 2.88. The summed E-state index contributed by atoms with van der Waals surface area (Å²) >= 11 is 5.97. The van der Waals surface area contributed by atoms with Gasteiger partial charge in [0.15, 0.2) is 0 Å². The maximum atomic E-state index is 12.2. The zero-order valence-corrected chi connectivity index (χ0v) is 10.5. The van der Waals surface area contributed by atoms with Crippen LogP contribution in [0, 0.1) is 0 Å². The van der Waals surface area contributed by atoms with Crippen molar-refractivity contribution in [3.8, 4) is 0 Å². The van der Waals surface area contributed by atoms with Crippen molar-refractivity contribution in [2.45, 2.75) is 12.8 Å². The Morgan fingerprint density at radius 2 is 2.00 bits per heavy atom. The van der Waals surface area contributed by atoms with Crippen LogP contribution in [0.1, 0.15) is 23.2 Å². The molecule has 1 fully saturated rings. The molecule has 2 aromatic rings. The molecule has 92 valence electrons. The first-order valence-electron chi connectivity index (χ1n) is 5.95. The number of likely N-dealkylation sites (tertiary alicyclic amines) is 1. The predicted molar refractivity (Wildman–Crippen MR) is 69.7 cm³/mol. The molecule has 18 heavy (non-hydrogen) atoms. The van der Waals surface area contributed by atoms with Gasteiger partial charge in [-0.1, -0.05) is 11.6 Å². The van der Waals surface area contributed by atoms with Gasteiger partial charge in [0.1, 0.15) is 11.5 Å². The van der Waals surface area contributed by atoms with Crippen molar-refractivity contribution in [1.82, 2.24) is 14.9 Å². The maximum Gasteiger partial charge on any atom is 0.253 e. The summed E-state index contributed by atoms with van der Waals surface area (Å²) in [4.78, 5) is 22.2. The number of nitrogens with zero attached hydrogens (tertiary/aromatic N) is 3. The van der Waals surface area contributed by atoms with Crippen LogP contribution in [0.4, 0.5) is 0 Å². The van der Waals surface area contributed by atoms with Crippen LogP contribution in [0.3, 0.4) is 0 Å². The highest BCUT2D eigenvalue weighted by Crippen LogP contribution is 2.21. The third-order valence-corrected chi connectivity index (χ3v) is 3.53. The van der Waals surface area contributed by atoms with Crippen LogP contribution in [0.15, 0.2) is 24.5 Å². The van der Waals surface area contributed by atoms with Gasteiger partial charge in [-0.15, -0.1) is 0 Å². The molecule has 0 bridgehead atoms. The van der Waals surface area contributed by atoms with Gasteiger partial charge in [0.25, 0.3) is 5.91 Å². The molecule has 0 saturated carbocycles. The summed E-state index contributed by atoms with van der Waals surface area (Å²) < 4.78 is 0. The quantitative estimate of drug-likeness (QED) is 0.741. The average Bonchev–Trinajstić information content (AvgIpc) is 2.91. The number of rotatable bonds is 1. The van der Waals surface area contributed by atoms with Crippen molar-refractivity contribution in [1.29, 1.82) is 0 Å². The van der Waals surface area contributed by atoms with E-state index in [1.807, 2.05) is 4.90 Å². The lowest BCUT2D eigenvalue weighted by Gasteiger charge is -2.15. The number of fused-ring (bicyclic) bond motifs is 1. The molecule has 0 unspecified atom stereocenters. The van der Waals surface area contributed by atoms with Crippen molar-refractivity contribution >= 4 is 28.4 Å². The topological polar surface area (TPSA) is 46.1 Å². The van der Waals surface area contributed by atoms with Crippen LogP contribution in [0.5, 0.6) is 0 Å². The Morgan fingerprint density at radius 1 is 1.22 bits per heavy atom. The number of amides is 1. The molecule has 5 heteroatoms. The van der Waals surface area contributed by atoms with Gasteiger partial charge in [-0.3, -0.25) is 4.79 Å². The standard InChI is InChI=1S/C13H12ClN3O/c14-12-10-4-3-9(7-11(10)15-8-16-12)13(18)17-5-1-2-6-17/h3-4,7-8H,1-2,5-6H2. The molecule has 1 aliphatic rings. The summed E-state index contributed by atoms with van der Waals surface area (Å²) in [7, 11) is 0. The Hall–Kier alpha value is -1.68. The minimum Gasteiger partial charge on any atom is -0.339 e. The molecule has 1 saturated heterocycles. The van der Waals surface area contributed by atoms with Gasteiger partial charge >= 0.3 is 0 Å². The van der Waals surface area contributed by atoms with Gasteiger partial charge < -0.3 is 4.90 Å². The van der Waals surface area contributed by atoms with E-state index < -0.39 is 0 Å². The first-order chi connectivity index (χ1) is 8.75. The molecule has 1 aliphatic heterocycles. The van der Waals surface area contributed by atoms with Gasteiger partial charge in [-0.2, -0.15) is 0 Å². The van der Waals surface area contributed by atoms with Crippen molar-refractivity contribution in [3.05, 3.63) is 35.2 Å². The first kappa shape index (κ1) is 11.4. The normalized spacial score (nSPS) is 15.3. The molecule has 0 atom stereocenters. The lowest BCUT2D eigenvalue weighted by atomic mass is 10.1. The van der Waals surface area contributed by atoms with Crippen molar-refractivity contribution in [3.63, 3.8) is 0 Å². The number of hydrogen-bond donors (Lipinski definition) is 0. The van der Waals surface area contributed by atoms with Crippen LogP contribution in [0.2, 0.25) is 5.15 Å². The van der Waals surface area contributed by atoms with E-state index in [4.69, 9.17) is 11.6 Å². The summed E-state index contributed by atoms with van der Waals surface area (Å²) in [6, 6.07) is 5.38. The molecular formula is C13H12ClN3O. The third kappa shape index (κ3) is 1.93. The molecule has 1 amide bonds. The fourth-order valence-electron chi connectivity index (χ4n) is 2.26. The molecule has 1 aromatic heterocycles. The van der Waals surface area contributed by atoms with Crippen molar-refractivity contribution in [2.24, 2.45) is 0 Å². The van der Waals surface area contributed by atoms with Crippen molar-refractivity contribution < 1.29 is 4.79 Å². The van der Waals surface area contributed by atoms with E-state index in [2.05, 4.69) is 9.97 Å². The highest BCUT2D eigenvalue weighted by Gasteiger charge is 2.19. The lowest BCUT2D eigenvalue weighted by Crippen LogP contribution is -2.27. The molecule has 2 heterocycles. The van der Waals surface area contributed by atoms with Crippen LogP contribution in [-0.2, 0) is 0 Å². The number of carbonyl (C=O) groups is 1. The Bertz CT molecular complexity index is 608. The number of aromatic nitrogens is 2. The van der Waals surface area contributed by atoms with E-state index in [1.165, 1.54) is 6.33 Å². The monoisotopic (exact) mass is 261 g/mol. The second-order valence-electron chi connectivity index (χ2n) is 4.40. The SMILES string of the molecule is O=C(c1ccc2c(Cl)ncnc2c1)N1CCCC1.